The Balaban J connectivity index is 1.92. The maximum Gasteiger partial charge on any atom is 0.138 e. The number of hydrogen-bond acceptors (Lipinski definition) is 5. The fraction of sp³-hybridized carbons (Fsp3) is 0.625. The Morgan fingerprint density at radius 3 is 2.62 bits per heavy atom. The van der Waals surface area contributed by atoms with Crippen LogP contribution in [-0.2, 0) is 12.8 Å². The molecule has 1 fully saturated rings. The maximum absolute atomic E-state index is 9.63. The molecular weight excluding hydrogens is 282 g/mol. The molecule has 0 aromatic carbocycles. The molecule has 0 radical (unpaired) electrons. The highest BCUT2D eigenvalue weighted by molar-refractivity contribution is 7.18. The highest BCUT2D eigenvalue weighted by Crippen LogP contribution is 2.35. The van der Waals surface area contributed by atoms with Gasteiger partial charge < -0.3 is 10.4 Å². The largest absolute Gasteiger partial charge is 0.393 e. The van der Waals surface area contributed by atoms with E-state index >= 15 is 0 Å². The van der Waals surface area contributed by atoms with Crippen molar-refractivity contribution in [1.29, 1.82) is 0 Å². The van der Waals surface area contributed by atoms with Gasteiger partial charge in [-0.2, -0.15) is 0 Å². The lowest BCUT2D eigenvalue weighted by atomic mass is 9.93. The van der Waals surface area contributed by atoms with Gasteiger partial charge in [0.1, 0.15) is 17.0 Å². The number of thiophene rings is 1. The van der Waals surface area contributed by atoms with Crippen LogP contribution in [-0.4, -0.2) is 27.2 Å². The van der Waals surface area contributed by atoms with Crippen molar-refractivity contribution in [2.24, 2.45) is 0 Å². The first-order valence-electron chi connectivity index (χ1n) is 7.92. The normalized spacial score (nSPS) is 22.6. The van der Waals surface area contributed by atoms with Crippen LogP contribution in [0.3, 0.4) is 0 Å². The van der Waals surface area contributed by atoms with Crippen LogP contribution in [0.5, 0.6) is 0 Å². The van der Waals surface area contributed by atoms with Crippen molar-refractivity contribution in [3.8, 4) is 0 Å². The average Bonchev–Trinajstić information content (AvgIpc) is 2.88. The number of aryl methyl sites for hydroxylation is 2. The molecule has 0 spiro atoms. The quantitative estimate of drug-likeness (QED) is 0.907. The molecule has 21 heavy (non-hydrogen) atoms. The Bertz CT molecular complexity index is 617. The van der Waals surface area contributed by atoms with Crippen molar-refractivity contribution in [1.82, 2.24) is 9.97 Å². The third-order valence-electron chi connectivity index (χ3n) is 4.38. The summed E-state index contributed by atoms with van der Waals surface area (Å²) in [5.74, 6) is 0.981. The van der Waals surface area contributed by atoms with Gasteiger partial charge in [0.2, 0.25) is 0 Å². The van der Waals surface area contributed by atoms with Gasteiger partial charge in [-0.05, 0) is 44.1 Å². The van der Waals surface area contributed by atoms with Gasteiger partial charge in [0.25, 0.3) is 0 Å². The summed E-state index contributed by atoms with van der Waals surface area (Å²) in [6.07, 6.45) is 7.42. The molecule has 114 valence electrons. The first kappa shape index (κ1) is 14.7. The first-order valence-corrected chi connectivity index (χ1v) is 8.74. The van der Waals surface area contributed by atoms with E-state index in [1.165, 1.54) is 15.8 Å². The van der Waals surface area contributed by atoms with E-state index in [2.05, 4.69) is 29.1 Å². The minimum Gasteiger partial charge on any atom is -0.393 e. The first-order chi connectivity index (χ1) is 10.2. The zero-order chi connectivity index (χ0) is 14.8. The number of rotatable bonds is 4. The molecule has 1 saturated carbocycles. The van der Waals surface area contributed by atoms with E-state index in [0.717, 1.165) is 49.2 Å². The predicted molar refractivity (Wildman–Crippen MR) is 88.1 cm³/mol. The number of aliphatic hydroxyl groups excluding tert-OH is 1. The second kappa shape index (κ2) is 6.28. The Morgan fingerprint density at radius 1 is 1.19 bits per heavy atom. The van der Waals surface area contributed by atoms with Crippen molar-refractivity contribution < 1.29 is 5.11 Å². The molecule has 0 amide bonds. The van der Waals surface area contributed by atoms with Crippen molar-refractivity contribution in [2.75, 3.05) is 5.32 Å². The highest BCUT2D eigenvalue weighted by Gasteiger charge is 2.22. The van der Waals surface area contributed by atoms with Crippen molar-refractivity contribution in [3.05, 3.63) is 16.8 Å². The van der Waals surface area contributed by atoms with E-state index in [1.807, 2.05) is 0 Å². The molecule has 1 aliphatic carbocycles. The van der Waals surface area contributed by atoms with Crippen LogP contribution in [0.2, 0.25) is 0 Å². The summed E-state index contributed by atoms with van der Waals surface area (Å²) in [6.45, 7) is 4.40. The Labute approximate surface area is 129 Å². The Hall–Kier alpha value is -1.20. The molecule has 0 bridgehead atoms. The third-order valence-corrected chi connectivity index (χ3v) is 5.67. The second-order valence-corrected chi connectivity index (χ2v) is 6.85. The van der Waals surface area contributed by atoms with Gasteiger partial charge in [-0.3, -0.25) is 0 Å². The zero-order valence-electron chi connectivity index (χ0n) is 12.7. The molecule has 0 unspecified atom stereocenters. The maximum atomic E-state index is 9.63. The molecule has 1 aliphatic rings. The molecule has 5 heteroatoms. The smallest absolute Gasteiger partial charge is 0.138 e. The Morgan fingerprint density at radius 2 is 1.95 bits per heavy atom. The SMILES string of the molecule is CCc1sc2ncnc(NC3CCC(O)CC3)c2c1CC. The second-order valence-electron chi connectivity index (χ2n) is 5.76. The van der Waals surface area contributed by atoms with E-state index in [-0.39, 0.29) is 6.10 Å². The molecule has 2 aromatic heterocycles. The zero-order valence-corrected chi connectivity index (χ0v) is 13.5. The average molecular weight is 305 g/mol. The molecule has 2 N–H and O–H groups in total. The topological polar surface area (TPSA) is 58.0 Å². The van der Waals surface area contributed by atoms with Crippen molar-refractivity contribution in [3.63, 3.8) is 0 Å². The lowest BCUT2D eigenvalue weighted by Gasteiger charge is -2.26. The lowest BCUT2D eigenvalue weighted by Crippen LogP contribution is -2.28. The molecule has 2 aromatic rings. The standard InChI is InChI=1S/C16H23N3OS/c1-3-12-13(4-2)21-16-14(12)15(17-9-18-16)19-10-5-7-11(20)8-6-10/h9-11,20H,3-8H2,1-2H3,(H,17,18,19). The third kappa shape index (κ3) is 2.90. The minimum absolute atomic E-state index is 0.118. The van der Waals surface area contributed by atoms with E-state index in [1.54, 1.807) is 17.7 Å². The number of aliphatic hydroxyl groups is 1. The summed E-state index contributed by atoms with van der Waals surface area (Å²) < 4.78 is 0. The molecule has 2 heterocycles. The van der Waals surface area contributed by atoms with Crippen LogP contribution in [0.4, 0.5) is 5.82 Å². The summed E-state index contributed by atoms with van der Waals surface area (Å²) in [5.41, 5.74) is 1.40. The Kier molecular flexibility index (Phi) is 4.40. The van der Waals surface area contributed by atoms with Crippen LogP contribution >= 0.6 is 11.3 Å². The van der Waals surface area contributed by atoms with Crippen LogP contribution in [0, 0.1) is 0 Å². The molecule has 0 atom stereocenters. The fourth-order valence-electron chi connectivity index (χ4n) is 3.22. The van der Waals surface area contributed by atoms with Crippen LogP contribution in [0.25, 0.3) is 10.2 Å². The molecule has 4 nitrogen and oxygen atoms in total. The highest BCUT2D eigenvalue weighted by atomic mass is 32.1. The summed E-state index contributed by atoms with van der Waals surface area (Å²) in [5, 5.41) is 14.4. The van der Waals surface area contributed by atoms with Gasteiger partial charge in [-0.25, -0.2) is 9.97 Å². The summed E-state index contributed by atoms with van der Waals surface area (Å²) >= 11 is 1.79. The van der Waals surface area contributed by atoms with Gasteiger partial charge in [-0.15, -0.1) is 11.3 Å². The number of hydrogen-bond donors (Lipinski definition) is 2. The van der Waals surface area contributed by atoms with Crippen molar-refractivity contribution in [2.45, 2.75) is 64.5 Å². The molecular formula is C16H23N3OS. The van der Waals surface area contributed by atoms with Gasteiger partial charge in [0, 0.05) is 10.9 Å². The monoisotopic (exact) mass is 305 g/mol. The number of anilines is 1. The number of nitrogens with one attached hydrogen (secondary N) is 1. The van der Waals surface area contributed by atoms with Gasteiger partial charge in [0.05, 0.1) is 11.5 Å². The number of fused-ring (bicyclic) bond motifs is 1. The minimum atomic E-state index is -0.118. The lowest BCUT2D eigenvalue weighted by molar-refractivity contribution is 0.126. The number of aromatic nitrogens is 2. The van der Waals surface area contributed by atoms with Gasteiger partial charge in [0.15, 0.2) is 0 Å². The molecule has 0 aliphatic heterocycles. The van der Waals surface area contributed by atoms with E-state index in [9.17, 15) is 5.11 Å². The summed E-state index contributed by atoms with van der Waals surface area (Å²) in [7, 11) is 0. The molecule has 3 rings (SSSR count). The van der Waals surface area contributed by atoms with Crippen LogP contribution < -0.4 is 5.32 Å². The van der Waals surface area contributed by atoms with E-state index < -0.39 is 0 Å². The van der Waals surface area contributed by atoms with Crippen LogP contribution in [0.15, 0.2) is 6.33 Å². The van der Waals surface area contributed by atoms with Crippen molar-refractivity contribution >= 4 is 27.4 Å². The molecule has 0 saturated heterocycles. The predicted octanol–water partition coefficient (Wildman–Crippen LogP) is 3.53. The van der Waals surface area contributed by atoms with Gasteiger partial charge >= 0.3 is 0 Å². The number of nitrogens with zero attached hydrogens (tertiary/aromatic N) is 2. The van der Waals surface area contributed by atoms with E-state index in [4.69, 9.17) is 0 Å². The van der Waals surface area contributed by atoms with Crippen LogP contribution in [0.1, 0.15) is 50.0 Å². The fourth-order valence-corrected chi connectivity index (χ4v) is 4.39. The summed E-state index contributed by atoms with van der Waals surface area (Å²) in [4.78, 5) is 11.5. The van der Waals surface area contributed by atoms with Gasteiger partial charge in [-0.1, -0.05) is 13.8 Å². The summed E-state index contributed by atoms with van der Waals surface area (Å²) in [6, 6.07) is 0.418. The van der Waals surface area contributed by atoms with E-state index in [0.29, 0.717) is 6.04 Å².